The number of furan rings is 1. The van der Waals surface area contributed by atoms with Gasteiger partial charge in [0.1, 0.15) is 5.76 Å². The van der Waals surface area contributed by atoms with Crippen LogP contribution < -0.4 is 5.32 Å². The van der Waals surface area contributed by atoms with E-state index in [0.29, 0.717) is 30.2 Å². The van der Waals surface area contributed by atoms with E-state index >= 15 is 0 Å². The molecule has 1 fully saturated rings. The van der Waals surface area contributed by atoms with Gasteiger partial charge in [-0.3, -0.25) is 9.59 Å². The first-order valence-corrected chi connectivity index (χ1v) is 10.4. The lowest BCUT2D eigenvalue weighted by Crippen LogP contribution is -2.45. The van der Waals surface area contributed by atoms with Gasteiger partial charge in [0.2, 0.25) is 5.91 Å². The Morgan fingerprint density at radius 1 is 1.10 bits per heavy atom. The van der Waals surface area contributed by atoms with Crippen molar-refractivity contribution in [3.63, 3.8) is 0 Å². The number of halogens is 1. The summed E-state index contributed by atoms with van der Waals surface area (Å²) in [6, 6.07) is 18.5. The van der Waals surface area contributed by atoms with Gasteiger partial charge in [-0.05, 0) is 54.8 Å². The average Bonchev–Trinajstić information content (AvgIpc) is 3.33. The number of likely N-dealkylation sites (tertiary alicyclic amines) is 1. The molecule has 1 saturated heterocycles. The molecular formula is C24H23ClN2O3. The van der Waals surface area contributed by atoms with Crippen LogP contribution in [0, 0.1) is 5.92 Å². The molecule has 1 aliphatic rings. The molecule has 1 aromatic heterocycles. The van der Waals surface area contributed by atoms with Crippen LogP contribution in [0.25, 0.3) is 11.3 Å². The predicted octanol–water partition coefficient (Wildman–Crippen LogP) is 4.77. The standard InChI is InChI=1S/C24H23ClN2O3/c25-21-10-8-17(9-11-21)15-26-23(28)20-6-2-12-27(16-20)24(29)19-5-1-4-18(14-19)22-7-3-13-30-22/h1,3-5,7-11,13-14,20H,2,6,12,15-16H2,(H,26,28). The normalized spacial score (nSPS) is 16.3. The van der Waals surface area contributed by atoms with Gasteiger partial charge in [0, 0.05) is 35.8 Å². The van der Waals surface area contributed by atoms with E-state index < -0.39 is 0 Å². The average molecular weight is 423 g/mol. The van der Waals surface area contributed by atoms with Crippen molar-refractivity contribution < 1.29 is 14.0 Å². The van der Waals surface area contributed by atoms with E-state index in [-0.39, 0.29) is 17.7 Å². The zero-order chi connectivity index (χ0) is 20.9. The van der Waals surface area contributed by atoms with Crippen LogP contribution in [0.2, 0.25) is 5.02 Å². The number of carbonyl (C=O) groups is 2. The van der Waals surface area contributed by atoms with Crippen LogP contribution in [0.5, 0.6) is 0 Å². The molecule has 4 rings (SSSR count). The second kappa shape index (κ2) is 9.18. The molecule has 1 N–H and O–H groups in total. The van der Waals surface area contributed by atoms with Gasteiger partial charge in [0.15, 0.2) is 0 Å². The Balaban J connectivity index is 1.38. The zero-order valence-corrected chi connectivity index (χ0v) is 17.3. The molecule has 30 heavy (non-hydrogen) atoms. The Morgan fingerprint density at radius 2 is 1.93 bits per heavy atom. The van der Waals surface area contributed by atoms with E-state index in [1.54, 1.807) is 29.4 Å². The summed E-state index contributed by atoms with van der Waals surface area (Å²) in [4.78, 5) is 27.5. The Bertz CT molecular complexity index is 1020. The zero-order valence-electron chi connectivity index (χ0n) is 16.5. The maximum atomic E-state index is 13.1. The van der Waals surface area contributed by atoms with Crippen LogP contribution in [0.4, 0.5) is 0 Å². The monoisotopic (exact) mass is 422 g/mol. The number of nitrogens with zero attached hydrogens (tertiary/aromatic N) is 1. The first-order valence-electron chi connectivity index (χ1n) is 10.1. The lowest BCUT2D eigenvalue weighted by molar-refractivity contribution is -0.126. The minimum atomic E-state index is -0.205. The number of rotatable bonds is 5. The summed E-state index contributed by atoms with van der Waals surface area (Å²) in [6.07, 6.45) is 3.20. The van der Waals surface area contributed by atoms with Crippen LogP contribution in [0.1, 0.15) is 28.8 Å². The SMILES string of the molecule is O=C(NCc1ccc(Cl)cc1)C1CCCN(C(=O)c2cccc(-c3ccco3)c2)C1. The third-order valence-corrected chi connectivity index (χ3v) is 5.63. The Morgan fingerprint density at radius 3 is 2.70 bits per heavy atom. The van der Waals surface area contributed by atoms with Gasteiger partial charge in [-0.2, -0.15) is 0 Å². The number of piperidine rings is 1. The highest BCUT2D eigenvalue weighted by molar-refractivity contribution is 6.30. The van der Waals surface area contributed by atoms with Crippen molar-refractivity contribution in [2.45, 2.75) is 19.4 Å². The summed E-state index contributed by atoms with van der Waals surface area (Å²) in [7, 11) is 0. The molecule has 0 radical (unpaired) electrons. The smallest absolute Gasteiger partial charge is 0.253 e. The third-order valence-electron chi connectivity index (χ3n) is 5.37. The van der Waals surface area contributed by atoms with Crippen molar-refractivity contribution >= 4 is 23.4 Å². The van der Waals surface area contributed by atoms with Crippen molar-refractivity contribution in [1.82, 2.24) is 10.2 Å². The van der Waals surface area contributed by atoms with E-state index in [4.69, 9.17) is 16.0 Å². The van der Waals surface area contributed by atoms with Crippen molar-refractivity contribution in [3.8, 4) is 11.3 Å². The van der Waals surface area contributed by atoms with Gasteiger partial charge in [-0.1, -0.05) is 35.9 Å². The summed E-state index contributed by atoms with van der Waals surface area (Å²) in [5.74, 6) is 0.441. The fraction of sp³-hybridized carbons (Fsp3) is 0.250. The van der Waals surface area contributed by atoms with Crippen LogP contribution in [0.3, 0.4) is 0 Å². The Labute approximate surface area is 180 Å². The third kappa shape index (κ3) is 4.74. The second-order valence-electron chi connectivity index (χ2n) is 7.49. The molecule has 1 unspecified atom stereocenters. The van der Waals surface area contributed by atoms with Crippen LogP contribution in [-0.4, -0.2) is 29.8 Å². The number of amides is 2. The minimum Gasteiger partial charge on any atom is -0.464 e. The molecule has 1 aliphatic heterocycles. The topological polar surface area (TPSA) is 62.6 Å². The van der Waals surface area contributed by atoms with Gasteiger partial charge >= 0.3 is 0 Å². The molecule has 5 nitrogen and oxygen atoms in total. The van der Waals surface area contributed by atoms with Crippen molar-refractivity contribution in [2.24, 2.45) is 5.92 Å². The molecule has 0 bridgehead atoms. The fourth-order valence-corrected chi connectivity index (χ4v) is 3.87. The van der Waals surface area contributed by atoms with Gasteiger partial charge in [-0.25, -0.2) is 0 Å². The molecule has 6 heteroatoms. The number of hydrogen-bond donors (Lipinski definition) is 1. The van der Waals surface area contributed by atoms with Crippen molar-refractivity contribution in [3.05, 3.63) is 83.1 Å². The van der Waals surface area contributed by atoms with Crippen molar-refractivity contribution in [1.29, 1.82) is 0 Å². The molecular weight excluding hydrogens is 400 g/mol. The highest BCUT2D eigenvalue weighted by atomic mass is 35.5. The van der Waals surface area contributed by atoms with E-state index in [0.717, 1.165) is 29.7 Å². The molecule has 0 saturated carbocycles. The lowest BCUT2D eigenvalue weighted by atomic mass is 9.96. The summed E-state index contributed by atoms with van der Waals surface area (Å²) in [6.45, 7) is 1.53. The number of hydrogen-bond acceptors (Lipinski definition) is 3. The first kappa shape index (κ1) is 20.2. The van der Waals surface area contributed by atoms with Gasteiger partial charge in [-0.15, -0.1) is 0 Å². The summed E-state index contributed by atoms with van der Waals surface area (Å²) >= 11 is 5.90. The molecule has 154 valence electrons. The molecule has 0 spiro atoms. The predicted molar refractivity (Wildman–Crippen MR) is 116 cm³/mol. The van der Waals surface area contributed by atoms with E-state index in [2.05, 4.69) is 5.32 Å². The quantitative estimate of drug-likeness (QED) is 0.644. The summed E-state index contributed by atoms with van der Waals surface area (Å²) in [5, 5.41) is 3.65. The molecule has 2 amide bonds. The minimum absolute atomic E-state index is 0.0215. The molecule has 1 atom stereocenters. The highest BCUT2D eigenvalue weighted by Crippen LogP contribution is 2.23. The second-order valence-corrected chi connectivity index (χ2v) is 7.93. The molecule has 2 heterocycles. The maximum Gasteiger partial charge on any atom is 0.253 e. The Kier molecular flexibility index (Phi) is 6.19. The first-order chi connectivity index (χ1) is 14.6. The van der Waals surface area contributed by atoms with E-state index in [9.17, 15) is 9.59 Å². The number of nitrogens with one attached hydrogen (secondary N) is 1. The maximum absolute atomic E-state index is 13.1. The molecule has 2 aromatic carbocycles. The Hall–Kier alpha value is -3.05. The van der Waals surface area contributed by atoms with Crippen LogP contribution >= 0.6 is 11.6 Å². The highest BCUT2D eigenvalue weighted by Gasteiger charge is 2.29. The number of carbonyl (C=O) groups excluding carboxylic acids is 2. The van der Waals surface area contributed by atoms with Gasteiger partial charge in [0.25, 0.3) is 5.91 Å². The van der Waals surface area contributed by atoms with Gasteiger partial charge in [0.05, 0.1) is 12.2 Å². The lowest BCUT2D eigenvalue weighted by Gasteiger charge is -2.32. The van der Waals surface area contributed by atoms with Gasteiger partial charge < -0.3 is 14.6 Å². The summed E-state index contributed by atoms with van der Waals surface area (Å²) in [5.41, 5.74) is 2.46. The fourth-order valence-electron chi connectivity index (χ4n) is 3.74. The van der Waals surface area contributed by atoms with Crippen LogP contribution in [0.15, 0.2) is 71.3 Å². The van der Waals surface area contributed by atoms with E-state index in [1.807, 2.05) is 42.5 Å². The van der Waals surface area contributed by atoms with Crippen molar-refractivity contribution in [2.75, 3.05) is 13.1 Å². The number of benzene rings is 2. The largest absolute Gasteiger partial charge is 0.464 e. The molecule has 0 aliphatic carbocycles. The molecule has 3 aromatic rings. The summed E-state index contributed by atoms with van der Waals surface area (Å²) < 4.78 is 5.43. The van der Waals surface area contributed by atoms with Crippen LogP contribution in [-0.2, 0) is 11.3 Å². The van der Waals surface area contributed by atoms with E-state index in [1.165, 1.54) is 0 Å².